The Morgan fingerprint density at radius 3 is 2.35 bits per heavy atom. The molecule has 0 radical (unpaired) electrons. The Morgan fingerprint density at radius 1 is 1.05 bits per heavy atom. The van der Waals surface area contributed by atoms with E-state index in [2.05, 4.69) is 38.1 Å². The fourth-order valence-electron chi connectivity index (χ4n) is 2.29. The second-order valence-electron chi connectivity index (χ2n) is 5.35. The summed E-state index contributed by atoms with van der Waals surface area (Å²) in [6.07, 6.45) is 0. The molecule has 0 N–H and O–H groups in total. The van der Waals surface area contributed by atoms with E-state index >= 15 is 0 Å². The lowest BCUT2D eigenvalue weighted by molar-refractivity contribution is 1.05. The number of pyridine rings is 1. The van der Waals surface area contributed by atoms with Crippen molar-refractivity contribution in [2.24, 2.45) is 0 Å². The van der Waals surface area contributed by atoms with Gasteiger partial charge < -0.3 is 4.90 Å². The Kier molecular flexibility index (Phi) is 3.76. The zero-order chi connectivity index (χ0) is 14.9. The number of hydrogen-bond donors (Lipinski definition) is 0. The van der Waals surface area contributed by atoms with Gasteiger partial charge in [0.25, 0.3) is 0 Å². The van der Waals surface area contributed by atoms with E-state index in [1.54, 1.807) is 0 Å². The summed E-state index contributed by atoms with van der Waals surface area (Å²) in [6, 6.07) is 10.5. The third-order valence-electron chi connectivity index (χ3n) is 3.39. The number of aryl methyl sites for hydroxylation is 3. The van der Waals surface area contributed by atoms with Gasteiger partial charge in [0.05, 0.1) is 11.3 Å². The molecule has 1 heterocycles. The van der Waals surface area contributed by atoms with E-state index in [0.717, 1.165) is 16.8 Å². The van der Waals surface area contributed by atoms with Crippen molar-refractivity contribution in [3.8, 4) is 17.3 Å². The minimum atomic E-state index is 0.613. The van der Waals surface area contributed by atoms with Gasteiger partial charge in [-0.2, -0.15) is 5.26 Å². The van der Waals surface area contributed by atoms with E-state index in [1.807, 2.05) is 32.0 Å². The topological polar surface area (TPSA) is 39.9 Å². The highest BCUT2D eigenvalue weighted by molar-refractivity contribution is 5.71. The monoisotopic (exact) mass is 265 g/mol. The number of aromatic nitrogens is 1. The average molecular weight is 265 g/mol. The van der Waals surface area contributed by atoms with Crippen LogP contribution in [0, 0.1) is 32.1 Å². The van der Waals surface area contributed by atoms with Crippen LogP contribution in [0.4, 0.5) is 5.82 Å². The van der Waals surface area contributed by atoms with Crippen LogP contribution in [-0.2, 0) is 0 Å². The number of benzene rings is 1. The fraction of sp³-hybridized carbons (Fsp3) is 0.294. The van der Waals surface area contributed by atoms with E-state index in [4.69, 9.17) is 4.98 Å². The zero-order valence-electron chi connectivity index (χ0n) is 12.7. The molecular weight excluding hydrogens is 246 g/mol. The maximum Gasteiger partial charge on any atom is 0.146 e. The predicted octanol–water partition coefficient (Wildman–Crippen LogP) is 3.61. The SMILES string of the molecule is Cc1ccc(C)c(-c2nc(N(C)C)c(C#N)cc2C)c1. The summed E-state index contributed by atoms with van der Waals surface area (Å²) >= 11 is 0. The maximum absolute atomic E-state index is 9.24. The van der Waals surface area contributed by atoms with Gasteiger partial charge in [-0.1, -0.05) is 17.7 Å². The molecule has 0 unspecified atom stereocenters. The van der Waals surface area contributed by atoms with Crippen molar-refractivity contribution in [2.45, 2.75) is 20.8 Å². The number of nitrogens with zero attached hydrogens (tertiary/aromatic N) is 3. The van der Waals surface area contributed by atoms with Crippen molar-refractivity contribution in [3.05, 3.63) is 46.5 Å². The van der Waals surface area contributed by atoms with Crippen molar-refractivity contribution < 1.29 is 0 Å². The van der Waals surface area contributed by atoms with Gasteiger partial charge in [0.1, 0.15) is 11.9 Å². The molecule has 1 aromatic heterocycles. The molecule has 1 aromatic carbocycles. The van der Waals surface area contributed by atoms with Crippen LogP contribution in [0.1, 0.15) is 22.3 Å². The summed E-state index contributed by atoms with van der Waals surface area (Å²) in [4.78, 5) is 6.60. The molecule has 0 aliphatic heterocycles. The second kappa shape index (κ2) is 5.34. The van der Waals surface area contributed by atoms with Crippen molar-refractivity contribution in [1.82, 2.24) is 4.98 Å². The maximum atomic E-state index is 9.24. The first-order valence-corrected chi connectivity index (χ1v) is 6.60. The predicted molar refractivity (Wildman–Crippen MR) is 82.9 cm³/mol. The standard InChI is InChI=1S/C17H19N3/c1-11-6-7-12(2)15(8-11)16-13(3)9-14(10-18)17(19-16)20(4)5/h6-9H,1-5H3. The minimum absolute atomic E-state index is 0.613. The van der Waals surface area contributed by atoms with Gasteiger partial charge in [0, 0.05) is 19.7 Å². The first kappa shape index (κ1) is 14.1. The summed E-state index contributed by atoms with van der Waals surface area (Å²) in [5.41, 5.74) is 6.13. The van der Waals surface area contributed by atoms with E-state index in [1.165, 1.54) is 11.1 Å². The fourth-order valence-corrected chi connectivity index (χ4v) is 2.29. The van der Waals surface area contributed by atoms with Gasteiger partial charge in [0.15, 0.2) is 0 Å². The van der Waals surface area contributed by atoms with Gasteiger partial charge in [-0.25, -0.2) is 4.98 Å². The van der Waals surface area contributed by atoms with Gasteiger partial charge in [-0.05, 0) is 44.0 Å². The van der Waals surface area contributed by atoms with Crippen LogP contribution in [0.25, 0.3) is 11.3 Å². The Hall–Kier alpha value is -2.34. The van der Waals surface area contributed by atoms with Crippen molar-refractivity contribution in [1.29, 1.82) is 5.26 Å². The summed E-state index contributed by atoms with van der Waals surface area (Å²) < 4.78 is 0. The smallest absolute Gasteiger partial charge is 0.146 e. The average Bonchev–Trinajstić information content (AvgIpc) is 2.41. The van der Waals surface area contributed by atoms with Crippen LogP contribution in [0.15, 0.2) is 24.3 Å². The lowest BCUT2D eigenvalue weighted by Gasteiger charge is -2.17. The summed E-state index contributed by atoms with van der Waals surface area (Å²) in [7, 11) is 3.82. The van der Waals surface area contributed by atoms with Crippen LogP contribution in [0.5, 0.6) is 0 Å². The summed E-state index contributed by atoms with van der Waals surface area (Å²) in [5, 5.41) is 9.24. The molecule has 0 bridgehead atoms. The quantitative estimate of drug-likeness (QED) is 0.832. The van der Waals surface area contributed by atoms with Gasteiger partial charge in [0.2, 0.25) is 0 Å². The molecular formula is C17H19N3. The van der Waals surface area contributed by atoms with E-state index in [0.29, 0.717) is 11.4 Å². The van der Waals surface area contributed by atoms with E-state index in [-0.39, 0.29) is 0 Å². The number of rotatable bonds is 2. The molecule has 0 fully saturated rings. The zero-order valence-corrected chi connectivity index (χ0v) is 12.7. The number of hydrogen-bond acceptors (Lipinski definition) is 3. The second-order valence-corrected chi connectivity index (χ2v) is 5.35. The molecule has 20 heavy (non-hydrogen) atoms. The Morgan fingerprint density at radius 2 is 1.75 bits per heavy atom. The molecule has 0 amide bonds. The van der Waals surface area contributed by atoms with Crippen LogP contribution in [0.2, 0.25) is 0 Å². The first-order chi connectivity index (χ1) is 9.43. The van der Waals surface area contributed by atoms with Gasteiger partial charge in [-0.3, -0.25) is 0 Å². The third kappa shape index (κ3) is 2.50. The molecule has 0 atom stereocenters. The van der Waals surface area contributed by atoms with Crippen molar-refractivity contribution in [3.63, 3.8) is 0 Å². The highest BCUT2D eigenvalue weighted by Gasteiger charge is 2.13. The van der Waals surface area contributed by atoms with Gasteiger partial charge >= 0.3 is 0 Å². The molecule has 0 aliphatic carbocycles. The molecule has 3 heteroatoms. The highest BCUT2D eigenvalue weighted by atomic mass is 15.1. The minimum Gasteiger partial charge on any atom is -0.362 e. The number of nitriles is 1. The Labute approximate surface area is 120 Å². The summed E-state index contributed by atoms with van der Waals surface area (Å²) in [5.74, 6) is 0.717. The van der Waals surface area contributed by atoms with E-state index in [9.17, 15) is 5.26 Å². The molecule has 2 aromatic rings. The van der Waals surface area contributed by atoms with E-state index < -0.39 is 0 Å². The number of anilines is 1. The molecule has 102 valence electrons. The van der Waals surface area contributed by atoms with Crippen molar-refractivity contribution >= 4 is 5.82 Å². The molecule has 0 saturated heterocycles. The first-order valence-electron chi connectivity index (χ1n) is 6.60. The highest BCUT2D eigenvalue weighted by Crippen LogP contribution is 2.29. The van der Waals surface area contributed by atoms with Crippen molar-refractivity contribution in [2.75, 3.05) is 19.0 Å². The molecule has 0 saturated carbocycles. The molecule has 2 rings (SSSR count). The van der Waals surface area contributed by atoms with Gasteiger partial charge in [-0.15, -0.1) is 0 Å². The normalized spacial score (nSPS) is 10.2. The molecule has 0 aliphatic rings. The lowest BCUT2D eigenvalue weighted by Crippen LogP contribution is -2.13. The molecule has 3 nitrogen and oxygen atoms in total. The lowest BCUT2D eigenvalue weighted by atomic mass is 9.98. The van der Waals surface area contributed by atoms with Crippen LogP contribution >= 0.6 is 0 Å². The van der Waals surface area contributed by atoms with Crippen LogP contribution in [0.3, 0.4) is 0 Å². The Bertz CT molecular complexity index is 694. The summed E-state index contributed by atoms with van der Waals surface area (Å²) in [6.45, 7) is 6.17. The largest absolute Gasteiger partial charge is 0.362 e. The van der Waals surface area contributed by atoms with Crippen LogP contribution < -0.4 is 4.90 Å². The molecule has 0 spiro atoms. The third-order valence-corrected chi connectivity index (χ3v) is 3.39. The Balaban J connectivity index is 2.72. The van der Waals surface area contributed by atoms with Crippen LogP contribution in [-0.4, -0.2) is 19.1 Å².